The summed E-state index contributed by atoms with van der Waals surface area (Å²) in [6.07, 6.45) is 0. The normalized spacial score (nSPS) is 10.7. The summed E-state index contributed by atoms with van der Waals surface area (Å²) in [5.74, 6) is 0. The molecule has 0 fully saturated rings. The summed E-state index contributed by atoms with van der Waals surface area (Å²) in [6.45, 7) is 6.41. The van der Waals surface area contributed by atoms with E-state index in [4.69, 9.17) is 11.1 Å². The van der Waals surface area contributed by atoms with Crippen molar-refractivity contribution in [2.24, 2.45) is 0 Å². The molecule has 3 heteroatoms. The van der Waals surface area contributed by atoms with Crippen LogP contribution in [-0.4, -0.2) is 7.38 Å². The van der Waals surface area contributed by atoms with E-state index in [9.17, 15) is 0 Å². The third-order valence-electron chi connectivity index (χ3n) is 1.69. The molecular formula is C6H14ClPdSi-. The number of halogens is 1. The predicted molar refractivity (Wildman–Crippen MR) is 42.5 cm³/mol. The van der Waals surface area contributed by atoms with Crippen molar-refractivity contribution in [2.75, 3.05) is 0 Å². The summed E-state index contributed by atoms with van der Waals surface area (Å²) in [5.41, 5.74) is 0. The van der Waals surface area contributed by atoms with E-state index in [0.29, 0.717) is 0 Å². The average molecular weight is 256 g/mol. The van der Waals surface area contributed by atoms with Crippen molar-refractivity contribution in [1.82, 2.24) is 0 Å². The number of hydrogen-bond donors (Lipinski definition) is 0. The van der Waals surface area contributed by atoms with Gasteiger partial charge in [-0.1, -0.05) is 25.9 Å². The molecule has 9 heavy (non-hydrogen) atoms. The maximum absolute atomic E-state index is 6.18. The Hall–Kier alpha value is 1.17. The molecule has 0 aromatic carbocycles. The van der Waals surface area contributed by atoms with E-state index in [-0.39, 0.29) is 20.4 Å². The van der Waals surface area contributed by atoms with Gasteiger partial charge in [0.25, 0.3) is 0 Å². The average Bonchev–Trinajstić information content (AvgIpc) is 1.87. The first kappa shape index (κ1) is 12.8. The Balaban J connectivity index is 0. The zero-order valence-electron chi connectivity index (χ0n) is 6.19. The van der Waals surface area contributed by atoms with Gasteiger partial charge in [0, 0.05) is 27.8 Å². The monoisotopic (exact) mass is 255 g/mol. The van der Waals surface area contributed by atoms with Crippen molar-refractivity contribution in [3.05, 3.63) is 6.04 Å². The first-order valence-corrected chi connectivity index (χ1v) is 6.68. The smallest absolute Gasteiger partial charge is 0.00791 e. The van der Waals surface area contributed by atoms with E-state index >= 15 is 0 Å². The van der Waals surface area contributed by atoms with Gasteiger partial charge >= 0.3 is 0 Å². The number of rotatable bonds is 3. The molecule has 0 aromatic heterocycles. The van der Waals surface area contributed by atoms with E-state index < -0.39 is 7.38 Å². The molecule has 0 radical (unpaired) electrons. The third-order valence-corrected chi connectivity index (χ3v) is 7.34. The van der Waals surface area contributed by atoms with E-state index in [1.807, 2.05) is 0 Å². The fourth-order valence-corrected chi connectivity index (χ4v) is 1.97. The van der Waals surface area contributed by atoms with Gasteiger partial charge in [-0.25, -0.2) is 11.1 Å². The maximum atomic E-state index is 6.18. The van der Waals surface area contributed by atoms with Crippen LogP contribution in [0.5, 0.6) is 0 Å². The molecule has 0 spiro atoms. The first-order valence-electron chi connectivity index (χ1n) is 3.18. The molecule has 0 rings (SSSR count). The van der Waals surface area contributed by atoms with Gasteiger partial charge in [0.1, 0.15) is 0 Å². The van der Waals surface area contributed by atoms with Crippen molar-refractivity contribution in [3.8, 4) is 0 Å². The van der Waals surface area contributed by atoms with Gasteiger partial charge < -0.3 is 6.04 Å². The van der Waals surface area contributed by atoms with E-state index in [1.54, 1.807) is 0 Å². The predicted octanol–water partition coefficient (Wildman–Crippen LogP) is 2.97. The molecule has 0 atom stereocenters. The van der Waals surface area contributed by atoms with Gasteiger partial charge in [-0.2, -0.15) is 6.92 Å². The molecule has 0 N–H and O–H groups in total. The van der Waals surface area contributed by atoms with Crippen molar-refractivity contribution in [2.45, 2.75) is 32.9 Å². The van der Waals surface area contributed by atoms with Gasteiger partial charge in [-0.3, -0.25) is 0 Å². The summed E-state index contributed by atoms with van der Waals surface area (Å²) in [6, 6.07) is 4.54. The quantitative estimate of drug-likeness (QED) is 0.413. The Morgan fingerprint density at radius 3 is 1.67 bits per heavy atom. The Bertz CT molecular complexity index is 55.8. The largest absolute Gasteiger partial charge is 0.316 e. The molecule has 0 amide bonds. The van der Waals surface area contributed by atoms with Crippen molar-refractivity contribution < 1.29 is 20.4 Å². The van der Waals surface area contributed by atoms with Crippen molar-refractivity contribution in [3.63, 3.8) is 0 Å². The molecule has 0 saturated heterocycles. The molecular weight excluding hydrogens is 242 g/mol. The zero-order valence-corrected chi connectivity index (χ0v) is 9.50. The van der Waals surface area contributed by atoms with Gasteiger partial charge in [0.2, 0.25) is 0 Å². The second-order valence-electron chi connectivity index (χ2n) is 2.03. The SMILES string of the molecule is C[CH-][Si](Cl)(CC)CC.[Pd]. The number of hydrogen-bond acceptors (Lipinski definition) is 0. The molecule has 0 bridgehead atoms. The third kappa shape index (κ3) is 4.56. The molecule has 0 unspecified atom stereocenters. The standard InChI is InChI=1S/C6H14ClSi.Pd/c1-4-8(7,5-2)6-3;/h4H,5-6H2,1-3H3;/q-1;. The molecule has 0 aliphatic carbocycles. The van der Waals surface area contributed by atoms with Crippen molar-refractivity contribution >= 4 is 18.5 Å². The van der Waals surface area contributed by atoms with E-state index in [0.717, 1.165) is 0 Å². The summed E-state index contributed by atoms with van der Waals surface area (Å²) in [7, 11) is -1.32. The van der Waals surface area contributed by atoms with Crippen LogP contribution in [0.4, 0.5) is 0 Å². The Kier molecular flexibility index (Phi) is 8.42. The molecule has 0 nitrogen and oxygen atoms in total. The maximum Gasteiger partial charge on any atom is 0.00791 e. The van der Waals surface area contributed by atoms with Crippen LogP contribution in [0, 0.1) is 6.04 Å². The Morgan fingerprint density at radius 1 is 1.33 bits per heavy atom. The second-order valence-corrected chi connectivity index (χ2v) is 8.35. The van der Waals surface area contributed by atoms with Crippen molar-refractivity contribution in [1.29, 1.82) is 0 Å². The molecule has 0 saturated carbocycles. The summed E-state index contributed by atoms with van der Waals surface area (Å²) in [4.78, 5) is 0. The molecule has 60 valence electrons. The first-order chi connectivity index (χ1) is 3.68. The summed E-state index contributed by atoms with van der Waals surface area (Å²) in [5, 5.41) is 0. The van der Waals surface area contributed by atoms with Crippen LogP contribution in [-0.2, 0) is 20.4 Å². The zero-order chi connectivity index (χ0) is 6.62. The molecule has 0 aliphatic rings. The van der Waals surface area contributed by atoms with Crippen LogP contribution in [0.25, 0.3) is 0 Å². The minimum Gasteiger partial charge on any atom is -0.316 e. The molecule has 0 aromatic rings. The fraction of sp³-hybridized carbons (Fsp3) is 0.833. The second kappa shape index (κ2) is 5.92. The van der Waals surface area contributed by atoms with Crippen LogP contribution in [0.15, 0.2) is 0 Å². The fourth-order valence-electron chi connectivity index (χ4n) is 0.658. The van der Waals surface area contributed by atoms with Gasteiger partial charge in [0.05, 0.1) is 0 Å². The van der Waals surface area contributed by atoms with E-state index in [2.05, 4.69) is 26.8 Å². The van der Waals surface area contributed by atoms with Crippen LogP contribution >= 0.6 is 11.1 Å². The Morgan fingerprint density at radius 2 is 1.67 bits per heavy atom. The van der Waals surface area contributed by atoms with Crippen LogP contribution < -0.4 is 0 Å². The molecule has 0 aliphatic heterocycles. The van der Waals surface area contributed by atoms with Crippen LogP contribution in [0.2, 0.25) is 12.1 Å². The van der Waals surface area contributed by atoms with E-state index in [1.165, 1.54) is 12.1 Å². The van der Waals surface area contributed by atoms with Gasteiger partial charge in [-0.15, -0.1) is 0 Å². The topological polar surface area (TPSA) is 0 Å². The summed E-state index contributed by atoms with van der Waals surface area (Å²) >= 11 is 6.18. The van der Waals surface area contributed by atoms with Crippen LogP contribution in [0.1, 0.15) is 20.8 Å². The van der Waals surface area contributed by atoms with Gasteiger partial charge in [-0.05, 0) is 0 Å². The molecule has 0 heterocycles. The Labute approximate surface area is 77.7 Å². The minimum atomic E-state index is -1.32. The van der Waals surface area contributed by atoms with Crippen LogP contribution in [0.3, 0.4) is 0 Å². The summed E-state index contributed by atoms with van der Waals surface area (Å²) < 4.78 is 0. The van der Waals surface area contributed by atoms with Gasteiger partial charge in [0.15, 0.2) is 0 Å². The minimum absolute atomic E-state index is 0.